The highest BCUT2D eigenvalue weighted by molar-refractivity contribution is 5.91. The van der Waals surface area contributed by atoms with Crippen molar-refractivity contribution in [3.8, 4) is 6.07 Å². The minimum absolute atomic E-state index is 0.352. The molecule has 0 spiro atoms. The Labute approximate surface area is 81.4 Å². The number of nitriles is 1. The van der Waals surface area contributed by atoms with Crippen LogP contribution in [0.25, 0.3) is 6.08 Å². The first-order valence-corrected chi connectivity index (χ1v) is 3.91. The summed E-state index contributed by atoms with van der Waals surface area (Å²) in [6.07, 6.45) is 2.66. The Balaban J connectivity index is 3.16. The monoisotopic (exact) mass is 187 g/mol. The molecule has 4 N–H and O–H groups in total. The number of nitrogen functional groups attached to an aromatic ring is 1. The molecule has 1 rings (SSSR count). The van der Waals surface area contributed by atoms with Crippen LogP contribution in [0.3, 0.4) is 0 Å². The van der Waals surface area contributed by atoms with E-state index in [-0.39, 0.29) is 0 Å². The van der Waals surface area contributed by atoms with Crippen molar-refractivity contribution in [3.05, 3.63) is 35.4 Å². The summed E-state index contributed by atoms with van der Waals surface area (Å²) in [6, 6.07) is 6.98. The van der Waals surface area contributed by atoms with Crippen molar-refractivity contribution in [2.45, 2.75) is 0 Å². The number of nitrogens with two attached hydrogens (primary N) is 2. The first-order valence-electron chi connectivity index (χ1n) is 3.91. The molecule has 0 saturated carbocycles. The van der Waals surface area contributed by atoms with Gasteiger partial charge in [0.15, 0.2) is 0 Å². The Kier molecular flexibility index (Phi) is 2.87. The summed E-state index contributed by atoms with van der Waals surface area (Å²) in [5.41, 5.74) is 11.8. The van der Waals surface area contributed by atoms with Gasteiger partial charge >= 0.3 is 0 Å². The first-order chi connectivity index (χ1) is 6.65. The van der Waals surface area contributed by atoms with E-state index in [0.717, 1.165) is 0 Å². The van der Waals surface area contributed by atoms with E-state index in [1.807, 2.05) is 6.07 Å². The number of hydrogen-bond acceptors (Lipinski definition) is 3. The molecule has 1 aromatic rings. The highest BCUT2D eigenvalue weighted by Gasteiger charge is 2.01. The van der Waals surface area contributed by atoms with E-state index in [9.17, 15) is 4.79 Å². The SMILES string of the molecule is N#Cc1c(N)cccc1C=CC(N)=O. The van der Waals surface area contributed by atoms with E-state index in [1.54, 1.807) is 18.2 Å². The van der Waals surface area contributed by atoms with Crippen LogP contribution in [0.5, 0.6) is 0 Å². The highest BCUT2D eigenvalue weighted by Crippen LogP contribution is 2.16. The summed E-state index contributed by atoms with van der Waals surface area (Å²) in [5, 5.41) is 8.78. The van der Waals surface area contributed by atoms with Crippen LogP contribution in [0.4, 0.5) is 5.69 Å². The molecule has 70 valence electrons. The van der Waals surface area contributed by atoms with E-state index >= 15 is 0 Å². The number of hydrogen-bond donors (Lipinski definition) is 2. The fraction of sp³-hybridized carbons (Fsp3) is 0. The highest BCUT2D eigenvalue weighted by atomic mass is 16.1. The van der Waals surface area contributed by atoms with Crippen molar-refractivity contribution in [2.75, 3.05) is 5.73 Å². The van der Waals surface area contributed by atoms with Crippen molar-refractivity contribution in [1.29, 1.82) is 5.26 Å². The number of carbonyl (C=O) groups is 1. The van der Waals surface area contributed by atoms with Gasteiger partial charge in [-0.15, -0.1) is 0 Å². The second-order valence-electron chi connectivity index (χ2n) is 2.66. The maximum absolute atomic E-state index is 10.5. The molecule has 14 heavy (non-hydrogen) atoms. The average Bonchev–Trinajstić information content (AvgIpc) is 2.14. The third-order valence-electron chi connectivity index (χ3n) is 1.67. The van der Waals surface area contributed by atoms with Gasteiger partial charge in [0.2, 0.25) is 5.91 Å². The predicted molar refractivity (Wildman–Crippen MR) is 53.8 cm³/mol. The van der Waals surface area contributed by atoms with Gasteiger partial charge in [0.25, 0.3) is 0 Å². The lowest BCUT2D eigenvalue weighted by molar-refractivity contribution is -0.113. The topological polar surface area (TPSA) is 92.9 Å². The van der Waals surface area contributed by atoms with Gasteiger partial charge in [-0.3, -0.25) is 4.79 Å². The predicted octanol–water partition coefficient (Wildman–Crippen LogP) is 0.639. The Hall–Kier alpha value is -2.28. The zero-order valence-corrected chi connectivity index (χ0v) is 7.40. The summed E-state index contributed by atoms with van der Waals surface area (Å²) in [4.78, 5) is 10.5. The first kappa shape index (κ1) is 9.81. The van der Waals surface area contributed by atoms with Gasteiger partial charge in [-0.05, 0) is 17.7 Å². The average molecular weight is 187 g/mol. The normalized spacial score (nSPS) is 9.93. The third kappa shape index (κ3) is 2.11. The molecule has 0 radical (unpaired) electrons. The lowest BCUT2D eigenvalue weighted by Crippen LogP contribution is -2.05. The van der Waals surface area contributed by atoms with Gasteiger partial charge < -0.3 is 11.5 Å². The van der Waals surface area contributed by atoms with Gasteiger partial charge in [-0.1, -0.05) is 12.1 Å². The smallest absolute Gasteiger partial charge is 0.241 e. The molecular weight excluding hydrogens is 178 g/mol. The molecule has 1 amide bonds. The van der Waals surface area contributed by atoms with Crippen LogP contribution < -0.4 is 11.5 Å². The van der Waals surface area contributed by atoms with Gasteiger partial charge in [-0.25, -0.2) is 0 Å². The second-order valence-corrected chi connectivity index (χ2v) is 2.66. The summed E-state index contributed by atoms with van der Waals surface area (Å²) in [7, 11) is 0. The molecule has 0 unspecified atom stereocenters. The molecule has 4 nitrogen and oxygen atoms in total. The molecule has 0 aliphatic heterocycles. The van der Waals surface area contributed by atoms with Gasteiger partial charge in [-0.2, -0.15) is 5.26 Å². The molecular formula is C10H9N3O. The molecule has 0 saturated heterocycles. The van der Waals surface area contributed by atoms with Crippen LogP contribution in [0.2, 0.25) is 0 Å². The summed E-state index contributed by atoms with van der Waals surface area (Å²) in [6.45, 7) is 0. The summed E-state index contributed by atoms with van der Waals surface area (Å²) >= 11 is 0. The van der Waals surface area contributed by atoms with Crippen molar-refractivity contribution in [1.82, 2.24) is 0 Å². The maximum atomic E-state index is 10.5. The quantitative estimate of drug-likeness (QED) is 0.525. The van der Waals surface area contributed by atoms with Crippen LogP contribution in [-0.4, -0.2) is 5.91 Å². The van der Waals surface area contributed by atoms with Crippen LogP contribution in [0.1, 0.15) is 11.1 Å². The molecule has 0 heterocycles. The van der Waals surface area contributed by atoms with Crippen molar-refractivity contribution in [3.63, 3.8) is 0 Å². The van der Waals surface area contributed by atoms with E-state index in [4.69, 9.17) is 16.7 Å². The van der Waals surface area contributed by atoms with Crippen LogP contribution >= 0.6 is 0 Å². The fourth-order valence-corrected chi connectivity index (χ4v) is 1.03. The standard InChI is InChI=1S/C10H9N3O/c11-6-8-7(4-5-10(13)14)2-1-3-9(8)12/h1-5H,12H2,(H2,13,14). The maximum Gasteiger partial charge on any atom is 0.241 e. The minimum atomic E-state index is -0.559. The molecule has 0 aliphatic carbocycles. The lowest BCUT2D eigenvalue weighted by atomic mass is 10.1. The van der Waals surface area contributed by atoms with Crippen LogP contribution in [-0.2, 0) is 4.79 Å². The zero-order valence-electron chi connectivity index (χ0n) is 7.40. The van der Waals surface area contributed by atoms with E-state index < -0.39 is 5.91 Å². The van der Waals surface area contributed by atoms with Crippen molar-refractivity contribution in [2.24, 2.45) is 5.73 Å². The summed E-state index contributed by atoms with van der Waals surface area (Å²) < 4.78 is 0. The molecule has 0 fully saturated rings. The Morgan fingerprint density at radius 1 is 1.50 bits per heavy atom. The largest absolute Gasteiger partial charge is 0.398 e. The van der Waals surface area contributed by atoms with Crippen LogP contribution in [0.15, 0.2) is 24.3 Å². The third-order valence-corrected chi connectivity index (χ3v) is 1.67. The zero-order chi connectivity index (χ0) is 10.6. The van der Waals surface area contributed by atoms with Gasteiger partial charge in [0, 0.05) is 6.08 Å². The number of primary amides is 1. The van der Waals surface area contributed by atoms with E-state index in [0.29, 0.717) is 16.8 Å². The molecule has 0 atom stereocenters. The Bertz CT molecular complexity index is 429. The molecule has 4 heteroatoms. The number of rotatable bonds is 2. The Morgan fingerprint density at radius 3 is 2.79 bits per heavy atom. The van der Waals surface area contributed by atoms with E-state index in [1.165, 1.54) is 12.2 Å². The minimum Gasteiger partial charge on any atom is -0.398 e. The number of benzene rings is 1. The number of amides is 1. The van der Waals surface area contributed by atoms with E-state index in [2.05, 4.69) is 0 Å². The number of nitrogens with zero attached hydrogens (tertiary/aromatic N) is 1. The number of anilines is 1. The molecule has 1 aromatic carbocycles. The van der Waals surface area contributed by atoms with Crippen molar-refractivity contribution < 1.29 is 4.79 Å². The molecule has 0 aromatic heterocycles. The summed E-state index contributed by atoms with van der Waals surface area (Å²) in [5.74, 6) is -0.559. The molecule has 0 aliphatic rings. The fourth-order valence-electron chi connectivity index (χ4n) is 1.03. The lowest BCUT2D eigenvalue weighted by Gasteiger charge is -2.00. The van der Waals surface area contributed by atoms with Gasteiger partial charge in [0.1, 0.15) is 6.07 Å². The van der Waals surface area contributed by atoms with Crippen LogP contribution in [0, 0.1) is 11.3 Å². The van der Waals surface area contributed by atoms with Gasteiger partial charge in [0.05, 0.1) is 11.3 Å². The van der Waals surface area contributed by atoms with Crippen molar-refractivity contribution >= 4 is 17.7 Å². The molecule has 0 bridgehead atoms. The number of carbonyl (C=O) groups excluding carboxylic acids is 1. The Morgan fingerprint density at radius 2 is 2.21 bits per heavy atom. The second kappa shape index (κ2) is 4.10.